The summed E-state index contributed by atoms with van der Waals surface area (Å²) >= 11 is 12.7. The molecule has 0 spiro atoms. The molecule has 0 fully saturated rings. The first-order chi connectivity index (χ1) is 9.61. The van der Waals surface area contributed by atoms with Crippen LogP contribution >= 0.6 is 23.2 Å². The monoisotopic (exact) mass is 308 g/mol. The molecule has 20 heavy (non-hydrogen) atoms. The highest BCUT2D eigenvalue weighted by Crippen LogP contribution is 2.36. The third kappa shape index (κ3) is 3.59. The topological polar surface area (TPSA) is 29.3 Å². The van der Waals surface area contributed by atoms with Gasteiger partial charge in [0.1, 0.15) is 0 Å². The Balaban J connectivity index is 2.34. The van der Waals surface area contributed by atoms with Gasteiger partial charge in [-0.05, 0) is 24.1 Å². The number of nitrogens with two attached hydrogens (primary N) is 1. The first-order valence-electron chi connectivity index (χ1n) is 6.65. The second-order valence-electron chi connectivity index (χ2n) is 4.74. The zero-order chi connectivity index (χ0) is 14.5. The lowest BCUT2D eigenvalue weighted by Gasteiger charge is -2.26. The second kappa shape index (κ2) is 6.87. The molecule has 0 heterocycles. The van der Waals surface area contributed by atoms with Crippen LogP contribution in [0.3, 0.4) is 0 Å². The molecule has 0 atom stereocenters. The van der Waals surface area contributed by atoms with Crippen LogP contribution in [-0.4, -0.2) is 6.54 Å². The van der Waals surface area contributed by atoms with Gasteiger partial charge in [0.25, 0.3) is 0 Å². The number of nitrogens with zero attached hydrogens (tertiary/aromatic N) is 1. The lowest BCUT2D eigenvalue weighted by Crippen LogP contribution is -2.24. The smallest absolute Gasteiger partial charge is 0.0749 e. The molecule has 0 saturated heterocycles. The number of hydrogen-bond donors (Lipinski definition) is 1. The van der Waals surface area contributed by atoms with Crippen molar-refractivity contribution in [2.45, 2.75) is 19.9 Å². The van der Waals surface area contributed by atoms with Gasteiger partial charge < -0.3 is 10.6 Å². The van der Waals surface area contributed by atoms with Crippen LogP contribution in [0.4, 0.5) is 11.4 Å². The fourth-order valence-corrected chi connectivity index (χ4v) is 2.97. The summed E-state index contributed by atoms with van der Waals surface area (Å²) in [7, 11) is 0. The van der Waals surface area contributed by atoms with E-state index in [4.69, 9.17) is 28.9 Å². The van der Waals surface area contributed by atoms with Crippen LogP contribution in [-0.2, 0) is 6.54 Å². The van der Waals surface area contributed by atoms with Crippen molar-refractivity contribution in [2.24, 2.45) is 0 Å². The molecule has 2 rings (SSSR count). The Morgan fingerprint density at radius 3 is 2.20 bits per heavy atom. The Morgan fingerprint density at radius 1 is 1.05 bits per heavy atom. The number of hydrogen-bond acceptors (Lipinski definition) is 2. The highest BCUT2D eigenvalue weighted by Gasteiger charge is 2.15. The molecule has 0 aromatic heterocycles. The number of anilines is 2. The van der Waals surface area contributed by atoms with Crippen LogP contribution in [0.2, 0.25) is 10.0 Å². The quantitative estimate of drug-likeness (QED) is 0.788. The van der Waals surface area contributed by atoms with Crippen LogP contribution < -0.4 is 10.6 Å². The number of nitrogen functional groups attached to an aromatic ring is 1. The van der Waals surface area contributed by atoms with Gasteiger partial charge in [-0.1, -0.05) is 60.5 Å². The molecule has 0 amide bonds. The zero-order valence-corrected chi connectivity index (χ0v) is 13.0. The summed E-state index contributed by atoms with van der Waals surface area (Å²) in [6.45, 7) is 3.80. The van der Waals surface area contributed by atoms with Gasteiger partial charge in [0.15, 0.2) is 0 Å². The molecule has 0 aliphatic rings. The Hall–Kier alpha value is -1.38. The Bertz CT molecular complexity index is 547. The van der Waals surface area contributed by atoms with Crippen LogP contribution in [0.1, 0.15) is 18.9 Å². The molecule has 2 N–H and O–H groups in total. The maximum atomic E-state index is 6.33. The lowest BCUT2D eigenvalue weighted by atomic mass is 10.2. The van der Waals surface area contributed by atoms with Gasteiger partial charge in [0.2, 0.25) is 0 Å². The molecule has 0 bridgehead atoms. The van der Waals surface area contributed by atoms with Crippen LogP contribution in [0.25, 0.3) is 0 Å². The Morgan fingerprint density at radius 2 is 1.65 bits per heavy atom. The van der Waals surface area contributed by atoms with Crippen molar-refractivity contribution in [3.8, 4) is 0 Å². The normalized spacial score (nSPS) is 10.6. The lowest BCUT2D eigenvalue weighted by molar-refractivity contribution is 0.768. The van der Waals surface area contributed by atoms with Gasteiger partial charge in [0, 0.05) is 18.8 Å². The molecule has 0 radical (unpaired) electrons. The van der Waals surface area contributed by atoms with Crippen molar-refractivity contribution >= 4 is 34.6 Å². The Kier molecular flexibility index (Phi) is 5.16. The average Bonchev–Trinajstić information content (AvgIpc) is 2.39. The molecule has 2 aromatic rings. The van der Waals surface area contributed by atoms with Gasteiger partial charge in [-0.25, -0.2) is 0 Å². The summed E-state index contributed by atoms with van der Waals surface area (Å²) in [5, 5.41) is 1.19. The van der Waals surface area contributed by atoms with Gasteiger partial charge >= 0.3 is 0 Å². The molecule has 4 heteroatoms. The fraction of sp³-hybridized carbons (Fsp3) is 0.250. The first kappa shape index (κ1) is 15.0. The SMILES string of the molecule is CCCN(Cc1ccccc1)c1c(Cl)cc(N)cc1Cl. The molecule has 2 nitrogen and oxygen atoms in total. The van der Waals surface area contributed by atoms with E-state index < -0.39 is 0 Å². The minimum Gasteiger partial charge on any atom is -0.399 e. The zero-order valence-electron chi connectivity index (χ0n) is 11.4. The van der Waals surface area contributed by atoms with Crippen LogP contribution in [0.5, 0.6) is 0 Å². The summed E-state index contributed by atoms with van der Waals surface area (Å²) in [6, 6.07) is 13.8. The van der Waals surface area contributed by atoms with Crippen molar-refractivity contribution in [3.63, 3.8) is 0 Å². The van der Waals surface area contributed by atoms with Crippen molar-refractivity contribution in [3.05, 3.63) is 58.1 Å². The molecule has 0 aliphatic heterocycles. The molecule has 106 valence electrons. The van der Waals surface area contributed by atoms with Crippen LogP contribution in [0.15, 0.2) is 42.5 Å². The summed E-state index contributed by atoms with van der Waals surface area (Å²) in [5.41, 5.74) is 8.43. The number of benzene rings is 2. The summed E-state index contributed by atoms with van der Waals surface area (Å²) < 4.78 is 0. The van der Waals surface area contributed by atoms with E-state index in [1.165, 1.54) is 5.56 Å². The summed E-state index contributed by atoms with van der Waals surface area (Å²) in [6.07, 6.45) is 1.02. The van der Waals surface area contributed by atoms with E-state index in [-0.39, 0.29) is 0 Å². The molecule has 2 aromatic carbocycles. The maximum absolute atomic E-state index is 6.33. The largest absolute Gasteiger partial charge is 0.399 e. The van der Waals surface area contributed by atoms with Gasteiger partial charge in [-0.15, -0.1) is 0 Å². The van der Waals surface area contributed by atoms with Crippen LogP contribution in [0, 0.1) is 0 Å². The fourth-order valence-electron chi connectivity index (χ4n) is 2.23. The van der Waals surface area contributed by atoms with E-state index in [1.807, 2.05) is 18.2 Å². The Labute approximate surface area is 130 Å². The third-order valence-electron chi connectivity index (χ3n) is 3.07. The standard InChI is InChI=1S/C16H18Cl2N2/c1-2-8-20(11-12-6-4-3-5-7-12)16-14(17)9-13(19)10-15(16)18/h3-7,9-10H,2,8,11,19H2,1H3. The van der Waals surface area contributed by atoms with Crippen molar-refractivity contribution in [1.29, 1.82) is 0 Å². The van der Waals surface area contributed by atoms with E-state index in [0.29, 0.717) is 15.7 Å². The molecular weight excluding hydrogens is 291 g/mol. The van der Waals surface area contributed by atoms with Crippen molar-refractivity contribution in [1.82, 2.24) is 0 Å². The third-order valence-corrected chi connectivity index (χ3v) is 3.64. The predicted molar refractivity (Wildman–Crippen MR) is 88.7 cm³/mol. The van der Waals surface area contributed by atoms with E-state index in [2.05, 4.69) is 24.0 Å². The van der Waals surface area contributed by atoms with Gasteiger partial charge in [-0.3, -0.25) is 0 Å². The minimum absolute atomic E-state index is 0.583. The van der Waals surface area contributed by atoms with E-state index >= 15 is 0 Å². The summed E-state index contributed by atoms with van der Waals surface area (Å²) in [5.74, 6) is 0. The highest BCUT2D eigenvalue weighted by atomic mass is 35.5. The van der Waals surface area contributed by atoms with E-state index in [1.54, 1.807) is 12.1 Å². The van der Waals surface area contributed by atoms with Crippen molar-refractivity contribution < 1.29 is 0 Å². The van der Waals surface area contributed by atoms with Crippen molar-refractivity contribution in [2.75, 3.05) is 17.2 Å². The van der Waals surface area contributed by atoms with Gasteiger partial charge in [-0.2, -0.15) is 0 Å². The molecule has 0 saturated carbocycles. The predicted octanol–water partition coefficient (Wildman–Crippen LogP) is 4.99. The van der Waals surface area contributed by atoms with Gasteiger partial charge in [0.05, 0.1) is 15.7 Å². The second-order valence-corrected chi connectivity index (χ2v) is 5.55. The first-order valence-corrected chi connectivity index (χ1v) is 7.40. The molecular formula is C16H18Cl2N2. The highest BCUT2D eigenvalue weighted by molar-refractivity contribution is 6.39. The number of halogens is 2. The number of rotatable bonds is 5. The molecule has 0 aliphatic carbocycles. The molecule has 0 unspecified atom stereocenters. The van der Waals surface area contributed by atoms with E-state index in [0.717, 1.165) is 25.2 Å². The summed E-state index contributed by atoms with van der Waals surface area (Å²) in [4.78, 5) is 2.19. The van der Waals surface area contributed by atoms with E-state index in [9.17, 15) is 0 Å². The average molecular weight is 309 g/mol. The maximum Gasteiger partial charge on any atom is 0.0749 e. The minimum atomic E-state index is 0.583.